The number of methoxy groups -OCH3 is 1. The van der Waals surface area contributed by atoms with Gasteiger partial charge in [-0.25, -0.2) is 0 Å². The Morgan fingerprint density at radius 1 is 0.938 bits per heavy atom. The van der Waals surface area contributed by atoms with E-state index in [4.69, 9.17) is 54.4 Å². The van der Waals surface area contributed by atoms with Crippen molar-refractivity contribution in [3.05, 3.63) is 117 Å². The van der Waals surface area contributed by atoms with Crippen LogP contribution in [0.2, 0.25) is 15.1 Å². The van der Waals surface area contributed by atoms with Crippen molar-refractivity contribution >= 4 is 69.6 Å². The quantitative estimate of drug-likeness (QED) is 0.136. The van der Waals surface area contributed by atoms with Gasteiger partial charge in [-0.15, -0.1) is 4.99 Å². The fraction of sp³-hybridized carbons (Fsp3) is 0.189. The molecule has 0 atom stereocenters. The molecule has 0 N–H and O–H groups in total. The third-order valence-corrected chi connectivity index (χ3v) is 8.86. The van der Waals surface area contributed by atoms with Gasteiger partial charge in [0.15, 0.2) is 0 Å². The monoisotopic (exact) mass is 700 g/mol. The first kappa shape index (κ1) is 33.3. The summed E-state index contributed by atoms with van der Waals surface area (Å²) >= 11 is 19.3. The number of anilines is 1. The molecule has 0 saturated carbocycles. The van der Waals surface area contributed by atoms with Crippen LogP contribution in [0.25, 0.3) is 23.0 Å². The Labute approximate surface area is 294 Å². The molecular formula is C37H33Cl3N5O3+. The number of aryl methyl sites for hydroxylation is 1. The van der Waals surface area contributed by atoms with Gasteiger partial charge in [0.05, 0.1) is 19.2 Å². The van der Waals surface area contributed by atoms with E-state index >= 15 is 0 Å². The minimum Gasteiger partial charge on any atom is -0.497 e. The largest absolute Gasteiger partial charge is 0.497 e. The summed E-state index contributed by atoms with van der Waals surface area (Å²) in [6.07, 6.45) is 1.87. The minimum atomic E-state index is -0.202. The van der Waals surface area contributed by atoms with Crippen molar-refractivity contribution in [2.45, 2.75) is 20.8 Å². The zero-order valence-electron chi connectivity index (χ0n) is 26.9. The molecule has 0 radical (unpaired) electrons. The lowest BCUT2D eigenvalue weighted by atomic mass is 10.1. The molecule has 11 heteroatoms. The van der Waals surface area contributed by atoms with Crippen molar-refractivity contribution in [1.82, 2.24) is 9.67 Å². The number of hydrogen-bond donors (Lipinski definition) is 0. The standard InChI is InChI=1S/C37H33Cl3N5O3/c1-5-43(18-19-48-30-14-12-29(47-4)13-15-30)28-11-17-34(23(2)20-28)41-37-32(31-21-27(39)10-16-33(31)40)22-35-44(24(3)46)36(42-45(35)37)25-6-8-26(38)9-7-25/h6-17,20-22H,5,18-19H2,1-4H3/q+1. The fourth-order valence-corrected chi connectivity index (χ4v) is 6.10. The molecule has 0 aliphatic carbocycles. The van der Waals surface area contributed by atoms with Gasteiger partial charge >= 0.3 is 0 Å². The molecule has 1 aliphatic rings. The van der Waals surface area contributed by atoms with Crippen LogP contribution in [0.3, 0.4) is 0 Å². The second-order valence-corrected chi connectivity index (χ2v) is 12.4. The van der Waals surface area contributed by atoms with Crippen molar-refractivity contribution < 1.29 is 19.0 Å². The Morgan fingerprint density at radius 3 is 2.31 bits per heavy atom. The summed E-state index contributed by atoms with van der Waals surface area (Å²) in [5.74, 6) is 2.90. The van der Waals surface area contributed by atoms with Gasteiger partial charge in [-0.3, -0.25) is 4.79 Å². The highest BCUT2D eigenvalue weighted by Gasteiger charge is 2.38. The van der Waals surface area contributed by atoms with Crippen LogP contribution in [-0.4, -0.2) is 48.2 Å². The van der Waals surface area contributed by atoms with E-state index in [-0.39, 0.29) is 5.91 Å². The number of halogens is 3. The van der Waals surface area contributed by atoms with E-state index in [1.807, 2.05) is 61.5 Å². The number of allylic oxidation sites excluding steroid dienone is 1. The summed E-state index contributed by atoms with van der Waals surface area (Å²) in [6, 6.07) is 26.2. The number of carbonyl (C=O) groups is 1. The molecule has 1 aliphatic heterocycles. The van der Waals surface area contributed by atoms with Gasteiger partial charge in [0.2, 0.25) is 5.82 Å². The molecule has 0 spiro atoms. The van der Waals surface area contributed by atoms with E-state index in [0.29, 0.717) is 56.8 Å². The summed E-state index contributed by atoms with van der Waals surface area (Å²) < 4.78 is 14.5. The van der Waals surface area contributed by atoms with Crippen LogP contribution in [0.4, 0.5) is 11.4 Å². The molecule has 244 valence electrons. The summed E-state index contributed by atoms with van der Waals surface area (Å²) in [5.41, 5.74) is 4.87. The van der Waals surface area contributed by atoms with Crippen molar-refractivity contribution in [3.8, 4) is 22.9 Å². The highest BCUT2D eigenvalue weighted by atomic mass is 35.5. The lowest BCUT2D eigenvalue weighted by molar-refractivity contribution is -0.615. The predicted molar refractivity (Wildman–Crippen MR) is 194 cm³/mol. The normalized spacial score (nSPS) is 13.0. The van der Waals surface area contributed by atoms with Gasteiger partial charge in [0.25, 0.3) is 17.6 Å². The molecule has 0 bridgehead atoms. The predicted octanol–water partition coefficient (Wildman–Crippen LogP) is 8.81. The number of nitrogens with zero attached hydrogens (tertiary/aromatic N) is 5. The molecule has 8 nitrogen and oxygen atoms in total. The van der Waals surface area contributed by atoms with Gasteiger partial charge in [0.1, 0.15) is 23.8 Å². The Morgan fingerprint density at radius 2 is 1.65 bits per heavy atom. The van der Waals surface area contributed by atoms with E-state index in [2.05, 4.69) is 17.9 Å². The lowest BCUT2D eigenvalue weighted by Crippen LogP contribution is -2.44. The highest BCUT2D eigenvalue weighted by molar-refractivity contribution is 6.38. The van der Waals surface area contributed by atoms with Crippen LogP contribution in [-0.2, 0) is 0 Å². The van der Waals surface area contributed by atoms with E-state index < -0.39 is 0 Å². The molecule has 48 heavy (non-hydrogen) atoms. The number of likely N-dealkylation sites (N-methyl/N-ethyl adjacent to an activating group) is 1. The Bertz CT molecular complexity index is 2050. The number of carbonyl (C=O) groups excluding carboxylic acids is 1. The summed E-state index contributed by atoms with van der Waals surface area (Å²) in [4.78, 5) is 20.5. The zero-order valence-corrected chi connectivity index (χ0v) is 29.1. The number of aliphatic imine (C=N–C) groups is 1. The smallest absolute Gasteiger partial charge is 0.295 e. The van der Waals surface area contributed by atoms with Crippen molar-refractivity contribution in [2.24, 2.45) is 4.99 Å². The molecule has 0 saturated heterocycles. The van der Waals surface area contributed by atoms with Crippen LogP contribution in [0, 0.1) is 6.92 Å². The number of benzene rings is 4. The van der Waals surface area contributed by atoms with E-state index in [1.54, 1.807) is 46.7 Å². The fourth-order valence-electron chi connectivity index (χ4n) is 5.58. The maximum Gasteiger partial charge on any atom is 0.295 e. The van der Waals surface area contributed by atoms with Crippen LogP contribution >= 0.6 is 34.8 Å². The van der Waals surface area contributed by atoms with E-state index in [9.17, 15) is 4.79 Å². The molecule has 0 unspecified atom stereocenters. The zero-order chi connectivity index (χ0) is 33.9. The average Bonchev–Trinajstić information content (AvgIpc) is 3.62. The molecule has 4 aromatic carbocycles. The summed E-state index contributed by atoms with van der Waals surface area (Å²) in [5, 5.41) is 6.51. The maximum atomic E-state index is 13.1. The third kappa shape index (κ3) is 6.83. The van der Waals surface area contributed by atoms with Crippen LogP contribution in [0.15, 0.2) is 89.9 Å². The molecule has 6 rings (SSSR count). The van der Waals surface area contributed by atoms with E-state index in [1.165, 1.54) is 6.92 Å². The van der Waals surface area contributed by atoms with Gasteiger partial charge in [-0.1, -0.05) is 44.6 Å². The second kappa shape index (κ2) is 14.2. The first-order valence-corrected chi connectivity index (χ1v) is 16.5. The van der Waals surface area contributed by atoms with Crippen molar-refractivity contribution in [1.29, 1.82) is 0 Å². The Balaban J connectivity index is 1.36. The number of fused-ring (bicyclic) bond motifs is 1. The molecule has 0 amide bonds. The van der Waals surface area contributed by atoms with Gasteiger partial charge in [-0.2, -0.15) is 4.57 Å². The van der Waals surface area contributed by atoms with E-state index in [0.717, 1.165) is 40.5 Å². The van der Waals surface area contributed by atoms with Gasteiger partial charge in [0, 0.05) is 51.4 Å². The lowest BCUT2D eigenvalue weighted by Gasteiger charge is -2.23. The number of aromatic nitrogens is 3. The molecule has 5 aromatic rings. The van der Waals surface area contributed by atoms with Crippen LogP contribution in [0.1, 0.15) is 35.6 Å². The molecule has 1 aromatic heterocycles. The number of hydrogen-bond acceptors (Lipinski definition) is 6. The number of rotatable bonds is 10. The average molecular weight is 702 g/mol. The van der Waals surface area contributed by atoms with Gasteiger partial charge < -0.3 is 14.4 Å². The summed E-state index contributed by atoms with van der Waals surface area (Å²) in [7, 11) is 1.64. The molecule has 2 heterocycles. The number of ether oxygens (including phenoxy) is 2. The molecule has 0 fully saturated rings. The topological polar surface area (TPSA) is 72.8 Å². The van der Waals surface area contributed by atoms with Gasteiger partial charge in [-0.05, 0) is 104 Å². The molecular weight excluding hydrogens is 669 g/mol. The first-order valence-electron chi connectivity index (χ1n) is 15.4. The first-order chi connectivity index (χ1) is 23.2. The highest BCUT2D eigenvalue weighted by Crippen LogP contribution is 2.35. The second-order valence-electron chi connectivity index (χ2n) is 11.1. The Kier molecular flexibility index (Phi) is 9.87. The van der Waals surface area contributed by atoms with Crippen molar-refractivity contribution in [2.75, 3.05) is 31.7 Å². The SMILES string of the molecule is CCN(CCOc1ccc(OC)cc1)c1ccc(N=C2C(c3cc(Cl)ccc3Cl)=Cc3n(C(C)=O)c(-c4ccc(Cl)cc4)n[n+]32)c(C)c1. The van der Waals surface area contributed by atoms with Crippen LogP contribution in [0.5, 0.6) is 11.5 Å². The van der Waals surface area contributed by atoms with Crippen molar-refractivity contribution in [3.63, 3.8) is 0 Å². The Hall–Kier alpha value is -4.63. The third-order valence-electron chi connectivity index (χ3n) is 8.05. The maximum absolute atomic E-state index is 13.1. The van der Waals surface area contributed by atoms with Crippen LogP contribution < -0.4 is 19.1 Å². The minimum absolute atomic E-state index is 0.202. The summed E-state index contributed by atoms with van der Waals surface area (Å²) in [6.45, 7) is 7.66.